The van der Waals surface area contributed by atoms with Gasteiger partial charge in [-0.3, -0.25) is 9.78 Å². The summed E-state index contributed by atoms with van der Waals surface area (Å²) in [7, 11) is -4.96. The van der Waals surface area contributed by atoms with Gasteiger partial charge in [-0.15, -0.1) is 0 Å². The molecule has 1 aliphatic heterocycles. The van der Waals surface area contributed by atoms with E-state index in [1.165, 1.54) is 18.3 Å². The number of nitrogens with one attached hydrogen (secondary N) is 1. The number of nitrogens with zero attached hydrogens (tertiary/aromatic N) is 3. The molecule has 1 amide bonds. The third-order valence-corrected chi connectivity index (χ3v) is 10.0. The number of amides is 1. The fourth-order valence-electron chi connectivity index (χ4n) is 5.87. The molecule has 1 unspecified atom stereocenters. The minimum Gasteiger partial charge on any atom is -0.392 e. The molecule has 4 aromatic rings. The number of aliphatic hydroxyl groups excluding tert-OH is 1. The zero-order chi connectivity index (χ0) is 33.5. The van der Waals surface area contributed by atoms with Gasteiger partial charge in [-0.1, -0.05) is 26.0 Å². The summed E-state index contributed by atoms with van der Waals surface area (Å²) in [6.45, 7) is 5.08. The van der Waals surface area contributed by atoms with Crippen molar-refractivity contribution in [1.29, 1.82) is 0 Å². The van der Waals surface area contributed by atoms with Crippen molar-refractivity contribution in [2.24, 2.45) is 11.8 Å². The van der Waals surface area contributed by atoms with Crippen molar-refractivity contribution in [3.05, 3.63) is 83.4 Å². The highest BCUT2D eigenvalue weighted by molar-refractivity contribution is 7.91. The Kier molecular flexibility index (Phi) is 9.23. The summed E-state index contributed by atoms with van der Waals surface area (Å²) in [6.07, 6.45) is 2.83. The first-order valence-corrected chi connectivity index (χ1v) is 17.0. The second kappa shape index (κ2) is 13.2. The van der Waals surface area contributed by atoms with E-state index in [1.54, 1.807) is 18.2 Å². The number of anilines is 1. The molecule has 13 heteroatoms. The quantitative estimate of drug-likeness (QED) is 0.228. The number of aliphatic hydroxyl groups is 1. The number of fused-ring (bicyclic) bond motifs is 1. The number of piperidine rings is 1. The first-order valence-electron chi connectivity index (χ1n) is 15.4. The van der Waals surface area contributed by atoms with Crippen molar-refractivity contribution >= 4 is 32.3 Å². The predicted octanol–water partition coefficient (Wildman–Crippen LogP) is 5.49. The van der Waals surface area contributed by atoms with Crippen LogP contribution < -0.4 is 10.2 Å². The summed E-state index contributed by atoms with van der Waals surface area (Å²) in [5.41, 5.74) is 1.21. The molecule has 1 saturated carbocycles. The summed E-state index contributed by atoms with van der Waals surface area (Å²) in [5.74, 6) is -4.06. The average Bonchev–Trinajstić information content (AvgIpc) is 3.90. The zero-order valence-electron chi connectivity index (χ0n) is 25.9. The molecule has 248 valence electrons. The van der Waals surface area contributed by atoms with E-state index in [0.29, 0.717) is 35.7 Å². The molecule has 1 aliphatic carbocycles. The fourth-order valence-corrected chi connectivity index (χ4v) is 6.68. The Hall–Kier alpha value is -4.07. The summed E-state index contributed by atoms with van der Waals surface area (Å²) in [5, 5.41) is 13.8. The van der Waals surface area contributed by atoms with Gasteiger partial charge in [-0.05, 0) is 72.7 Å². The van der Waals surface area contributed by atoms with Gasteiger partial charge in [0.05, 0.1) is 41.6 Å². The van der Waals surface area contributed by atoms with Crippen LogP contribution in [0.3, 0.4) is 0 Å². The zero-order valence-corrected chi connectivity index (χ0v) is 26.7. The number of aromatic nitrogens is 2. The van der Waals surface area contributed by atoms with Gasteiger partial charge >= 0.3 is 5.76 Å². The third-order valence-electron chi connectivity index (χ3n) is 8.64. The molecular weight excluding hydrogens is 633 g/mol. The Morgan fingerprint density at radius 2 is 1.83 bits per heavy atom. The molecule has 2 aromatic heterocycles. The molecule has 0 radical (unpaired) electrons. The maximum atomic E-state index is 16.0. The summed E-state index contributed by atoms with van der Waals surface area (Å²) in [4.78, 5) is 23.6. The Labute approximate surface area is 270 Å². The average molecular weight is 669 g/mol. The normalized spacial score (nSPS) is 20.1. The summed E-state index contributed by atoms with van der Waals surface area (Å²) < 4.78 is 72.7. The van der Waals surface area contributed by atoms with Crippen molar-refractivity contribution < 1.29 is 36.2 Å². The SMILES string of the molecule is C[C@@H]1CN(c2cccc(-c3ccc4cnc(CNC(=O)c5cc(COC6CC6)cc(S(=O)(=O)C(F)F)c5)cc4c3F)n2)C[C@H](C)C1O. The van der Waals surface area contributed by atoms with Gasteiger partial charge in [0.15, 0.2) is 0 Å². The highest BCUT2D eigenvalue weighted by atomic mass is 32.2. The molecule has 47 heavy (non-hydrogen) atoms. The number of sulfone groups is 1. The van der Waals surface area contributed by atoms with Gasteiger partial charge < -0.3 is 20.1 Å². The lowest BCUT2D eigenvalue weighted by Crippen LogP contribution is -2.47. The van der Waals surface area contributed by atoms with E-state index in [2.05, 4.69) is 15.2 Å². The molecular formula is C34H35F3N4O5S. The van der Waals surface area contributed by atoms with Crippen molar-refractivity contribution in [1.82, 2.24) is 15.3 Å². The van der Waals surface area contributed by atoms with Crippen molar-refractivity contribution in [2.75, 3.05) is 18.0 Å². The molecule has 1 saturated heterocycles. The highest BCUT2D eigenvalue weighted by Gasteiger charge is 2.31. The van der Waals surface area contributed by atoms with Crippen LogP contribution in [0.2, 0.25) is 0 Å². The number of rotatable bonds is 10. The molecule has 2 fully saturated rings. The van der Waals surface area contributed by atoms with E-state index in [4.69, 9.17) is 9.72 Å². The van der Waals surface area contributed by atoms with Crippen molar-refractivity contribution in [3.63, 3.8) is 0 Å². The van der Waals surface area contributed by atoms with E-state index < -0.39 is 38.3 Å². The van der Waals surface area contributed by atoms with Crippen LogP contribution in [0.4, 0.5) is 19.0 Å². The van der Waals surface area contributed by atoms with E-state index in [0.717, 1.165) is 25.0 Å². The van der Waals surface area contributed by atoms with Crippen LogP contribution in [0.25, 0.3) is 22.0 Å². The lowest BCUT2D eigenvalue weighted by Gasteiger charge is -2.39. The van der Waals surface area contributed by atoms with Crippen LogP contribution in [0, 0.1) is 17.7 Å². The number of halogens is 3. The Balaban J connectivity index is 1.22. The number of carbonyl (C=O) groups excluding carboxylic acids is 1. The standard InChI is InChI=1S/C34H35F3N4O5S/c1-19-16-41(17-20(2)32(19)42)30-5-3-4-29(40-30)27-9-6-22-14-38-24(13-28(22)31(27)35)15-39-33(43)23-10-21(18-46-25-7-8-25)11-26(12-23)47(44,45)34(36)37/h3-6,9-14,19-20,25,32,34,42H,7-8,15-18H2,1-2H3,(H,39,43)/t19-,20+,32?. The number of hydrogen-bond donors (Lipinski definition) is 2. The van der Waals surface area contributed by atoms with Crippen molar-refractivity contribution in [3.8, 4) is 11.3 Å². The van der Waals surface area contributed by atoms with Gasteiger partial charge in [0.25, 0.3) is 5.91 Å². The molecule has 3 heterocycles. The third kappa shape index (κ3) is 7.12. The lowest BCUT2D eigenvalue weighted by molar-refractivity contribution is 0.0527. The van der Waals surface area contributed by atoms with Gasteiger partial charge in [0.2, 0.25) is 9.84 Å². The highest BCUT2D eigenvalue weighted by Crippen LogP contribution is 2.32. The van der Waals surface area contributed by atoms with Crippen molar-refractivity contribution in [2.45, 2.75) is 62.7 Å². The number of hydrogen-bond acceptors (Lipinski definition) is 8. The minimum absolute atomic E-state index is 0.0252. The second-order valence-electron chi connectivity index (χ2n) is 12.4. The Bertz CT molecular complexity index is 1910. The number of benzene rings is 2. The topological polar surface area (TPSA) is 122 Å². The smallest absolute Gasteiger partial charge is 0.341 e. The van der Waals surface area contributed by atoms with Gasteiger partial charge in [-0.25, -0.2) is 17.8 Å². The molecule has 9 nitrogen and oxygen atoms in total. The minimum atomic E-state index is -4.96. The van der Waals surface area contributed by atoms with Crippen LogP contribution in [0.5, 0.6) is 0 Å². The summed E-state index contributed by atoms with van der Waals surface area (Å²) >= 11 is 0. The number of carbonyl (C=O) groups is 1. The van der Waals surface area contributed by atoms with E-state index in [1.807, 2.05) is 26.0 Å². The number of pyridine rings is 2. The molecule has 2 aliphatic rings. The number of alkyl halides is 2. The molecule has 2 N–H and O–H groups in total. The lowest BCUT2D eigenvalue weighted by atomic mass is 9.88. The first kappa shape index (κ1) is 32.9. The van der Waals surface area contributed by atoms with Crippen LogP contribution in [0.15, 0.2) is 65.7 Å². The van der Waals surface area contributed by atoms with E-state index >= 15 is 4.39 Å². The van der Waals surface area contributed by atoms with Crippen LogP contribution in [-0.2, 0) is 27.7 Å². The molecule has 6 rings (SSSR count). The second-order valence-corrected chi connectivity index (χ2v) is 14.3. The largest absolute Gasteiger partial charge is 0.392 e. The van der Waals surface area contributed by atoms with Crippen LogP contribution in [0.1, 0.15) is 48.3 Å². The van der Waals surface area contributed by atoms with E-state index in [-0.39, 0.29) is 53.2 Å². The molecule has 0 bridgehead atoms. The Morgan fingerprint density at radius 1 is 1.09 bits per heavy atom. The van der Waals surface area contributed by atoms with Crippen LogP contribution >= 0.6 is 0 Å². The maximum Gasteiger partial charge on any atom is 0.341 e. The fraction of sp³-hybridized carbons (Fsp3) is 0.382. The maximum absolute atomic E-state index is 16.0. The number of ether oxygens (including phenoxy) is 1. The summed E-state index contributed by atoms with van der Waals surface area (Å²) in [6, 6.07) is 13.7. The molecule has 3 atom stereocenters. The van der Waals surface area contributed by atoms with E-state index in [9.17, 15) is 27.1 Å². The molecule has 2 aromatic carbocycles. The molecule has 0 spiro atoms. The monoisotopic (exact) mass is 668 g/mol. The first-order chi connectivity index (χ1) is 22.4. The van der Waals surface area contributed by atoms with Gasteiger partial charge in [0, 0.05) is 41.2 Å². The van der Waals surface area contributed by atoms with Gasteiger partial charge in [-0.2, -0.15) is 8.78 Å². The van der Waals surface area contributed by atoms with Crippen LogP contribution in [-0.4, -0.2) is 60.5 Å². The predicted molar refractivity (Wildman–Crippen MR) is 170 cm³/mol. The Morgan fingerprint density at radius 3 is 2.53 bits per heavy atom. The van der Waals surface area contributed by atoms with Gasteiger partial charge in [0.1, 0.15) is 11.6 Å².